The van der Waals surface area contributed by atoms with Crippen LogP contribution in [0.1, 0.15) is 75.8 Å². The SMILES string of the molecule is CC1(C)Oc2ncnc(N)c2N=C1c1ccc(C2CCC(CC(=O)N3CCC(O)CC3)CC2)cc1. The Morgan fingerprint density at radius 3 is 2.46 bits per heavy atom. The van der Waals surface area contributed by atoms with Crippen LogP contribution in [-0.4, -0.2) is 56.4 Å². The van der Waals surface area contributed by atoms with Crippen LogP contribution >= 0.6 is 0 Å². The molecule has 1 aliphatic carbocycles. The number of piperidine rings is 1. The summed E-state index contributed by atoms with van der Waals surface area (Å²) in [5.74, 6) is 1.97. The molecule has 35 heavy (non-hydrogen) atoms. The number of aromatic nitrogens is 2. The number of rotatable bonds is 4. The number of carbonyl (C=O) groups excluding carboxylic acids is 1. The predicted octanol–water partition coefficient (Wildman–Crippen LogP) is 4.00. The number of hydrogen-bond acceptors (Lipinski definition) is 7. The number of likely N-dealkylation sites (tertiary alicyclic amines) is 1. The highest BCUT2D eigenvalue weighted by atomic mass is 16.5. The molecule has 1 aromatic carbocycles. The van der Waals surface area contributed by atoms with Gasteiger partial charge in [0.1, 0.15) is 11.9 Å². The second-order valence-corrected chi connectivity index (χ2v) is 10.6. The van der Waals surface area contributed by atoms with Gasteiger partial charge in [0.2, 0.25) is 11.8 Å². The Bertz CT molecular complexity index is 1100. The summed E-state index contributed by atoms with van der Waals surface area (Å²) >= 11 is 0. The van der Waals surface area contributed by atoms with Crippen molar-refractivity contribution in [2.24, 2.45) is 10.9 Å². The first kappa shape index (κ1) is 23.7. The van der Waals surface area contributed by atoms with E-state index in [-0.39, 0.29) is 12.0 Å². The van der Waals surface area contributed by atoms with E-state index in [1.807, 2.05) is 18.7 Å². The van der Waals surface area contributed by atoms with Crippen LogP contribution in [0.2, 0.25) is 0 Å². The Morgan fingerprint density at radius 2 is 1.77 bits per heavy atom. The number of aliphatic hydroxyl groups is 1. The molecule has 2 aliphatic heterocycles. The van der Waals surface area contributed by atoms with E-state index >= 15 is 0 Å². The van der Waals surface area contributed by atoms with E-state index < -0.39 is 5.60 Å². The van der Waals surface area contributed by atoms with Crippen LogP contribution in [0, 0.1) is 5.92 Å². The average molecular weight is 478 g/mol. The molecular weight excluding hydrogens is 442 g/mol. The third-order valence-corrected chi connectivity index (χ3v) is 7.75. The van der Waals surface area contributed by atoms with Crippen molar-refractivity contribution >= 4 is 23.1 Å². The van der Waals surface area contributed by atoms with Crippen molar-refractivity contribution in [1.82, 2.24) is 14.9 Å². The maximum absolute atomic E-state index is 12.7. The van der Waals surface area contributed by atoms with Crippen LogP contribution in [0.25, 0.3) is 0 Å². The Hall–Kier alpha value is -3.00. The van der Waals surface area contributed by atoms with Gasteiger partial charge in [0.25, 0.3) is 0 Å². The zero-order chi connectivity index (χ0) is 24.6. The Labute approximate surface area is 206 Å². The number of amides is 1. The molecule has 1 saturated heterocycles. The maximum Gasteiger partial charge on any atom is 0.246 e. The van der Waals surface area contributed by atoms with Crippen molar-refractivity contribution in [3.05, 3.63) is 41.7 Å². The lowest BCUT2D eigenvalue weighted by atomic mass is 9.77. The predicted molar refractivity (Wildman–Crippen MR) is 135 cm³/mol. The normalized spacial score (nSPS) is 24.3. The molecular formula is C27H35N5O3. The molecule has 186 valence electrons. The van der Waals surface area contributed by atoms with Crippen molar-refractivity contribution in [3.8, 4) is 5.88 Å². The summed E-state index contributed by atoms with van der Waals surface area (Å²) in [5.41, 5.74) is 9.01. The van der Waals surface area contributed by atoms with Gasteiger partial charge >= 0.3 is 0 Å². The number of anilines is 1. The third kappa shape index (κ3) is 5.03. The maximum atomic E-state index is 12.7. The Kier molecular flexibility index (Phi) is 6.49. The molecule has 0 atom stereocenters. The first-order valence-corrected chi connectivity index (χ1v) is 12.7. The first-order valence-electron chi connectivity index (χ1n) is 12.7. The molecule has 8 heteroatoms. The summed E-state index contributed by atoms with van der Waals surface area (Å²) in [6.07, 6.45) is 7.58. The second kappa shape index (κ2) is 9.57. The molecule has 0 radical (unpaired) electrons. The highest BCUT2D eigenvalue weighted by molar-refractivity contribution is 6.09. The monoisotopic (exact) mass is 477 g/mol. The van der Waals surface area contributed by atoms with E-state index in [1.165, 1.54) is 11.9 Å². The number of benzene rings is 1. The van der Waals surface area contributed by atoms with E-state index in [0.29, 0.717) is 61.6 Å². The van der Waals surface area contributed by atoms with Gasteiger partial charge in [-0.05, 0) is 69.8 Å². The summed E-state index contributed by atoms with van der Waals surface area (Å²) in [5, 5.41) is 9.67. The molecule has 3 heterocycles. The molecule has 3 aliphatic rings. The number of hydrogen-bond donors (Lipinski definition) is 2. The van der Waals surface area contributed by atoms with E-state index in [2.05, 4.69) is 34.2 Å². The Balaban J connectivity index is 1.21. The lowest BCUT2D eigenvalue weighted by Gasteiger charge is -2.33. The number of carbonyl (C=O) groups is 1. The number of nitrogens with two attached hydrogens (primary N) is 1. The van der Waals surface area contributed by atoms with Crippen molar-refractivity contribution < 1.29 is 14.6 Å². The van der Waals surface area contributed by atoms with Gasteiger partial charge in [-0.3, -0.25) is 4.79 Å². The minimum Gasteiger partial charge on any atom is -0.463 e. The number of ether oxygens (including phenoxy) is 1. The van der Waals surface area contributed by atoms with Gasteiger partial charge in [0, 0.05) is 25.1 Å². The van der Waals surface area contributed by atoms with Gasteiger partial charge in [0.05, 0.1) is 11.8 Å². The van der Waals surface area contributed by atoms with E-state index in [4.69, 9.17) is 15.5 Å². The number of nitrogen functional groups attached to an aromatic ring is 1. The Morgan fingerprint density at radius 1 is 1.09 bits per heavy atom. The quantitative estimate of drug-likeness (QED) is 0.688. The fourth-order valence-electron chi connectivity index (χ4n) is 5.61. The van der Waals surface area contributed by atoms with Crippen molar-refractivity contribution in [2.75, 3.05) is 18.8 Å². The van der Waals surface area contributed by atoms with Crippen LogP contribution in [0.3, 0.4) is 0 Å². The molecule has 2 fully saturated rings. The topological polar surface area (TPSA) is 114 Å². The molecule has 2 aromatic rings. The standard InChI is InChI=1S/C27H35N5O3/c1-27(2)24(31-23-25(28)29-16-30-26(23)35-27)20-9-7-19(8-10-20)18-5-3-17(4-6-18)15-22(34)32-13-11-21(33)12-14-32/h7-10,16-18,21,33H,3-6,11-15H2,1-2H3,(H2,28,29,30). The van der Waals surface area contributed by atoms with Crippen molar-refractivity contribution in [3.63, 3.8) is 0 Å². The summed E-state index contributed by atoms with van der Waals surface area (Å²) in [6, 6.07) is 8.63. The minimum absolute atomic E-state index is 0.243. The van der Waals surface area contributed by atoms with Gasteiger partial charge in [-0.1, -0.05) is 24.3 Å². The summed E-state index contributed by atoms with van der Waals surface area (Å²) in [6.45, 7) is 5.35. The zero-order valence-electron chi connectivity index (χ0n) is 20.6. The van der Waals surface area contributed by atoms with Gasteiger partial charge < -0.3 is 20.5 Å². The minimum atomic E-state index is -0.633. The van der Waals surface area contributed by atoms with Crippen LogP contribution in [0.5, 0.6) is 5.88 Å². The van der Waals surface area contributed by atoms with Crippen LogP contribution in [0.15, 0.2) is 35.6 Å². The first-order chi connectivity index (χ1) is 16.8. The lowest BCUT2D eigenvalue weighted by molar-refractivity contribution is -0.134. The van der Waals surface area contributed by atoms with Gasteiger partial charge in [-0.25, -0.2) is 9.98 Å². The summed E-state index contributed by atoms with van der Waals surface area (Å²) in [4.78, 5) is 27.6. The van der Waals surface area contributed by atoms with Gasteiger partial charge in [-0.2, -0.15) is 4.98 Å². The molecule has 5 rings (SSSR count). The largest absolute Gasteiger partial charge is 0.463 e. The molecule has 1 amide bonds. The van der Waals surface area contributed by atoms with Crippen molar-refractivity contribution in [2.45, 2.75) is 76.4 Å². The number of aliphatic imine (C=N–C) groups is 1. The zero-order valence-corrected chi connectivity index (χ0v) is 20.6. The molecule has 0 spiro atoms. The van der Waals surface area contributed by atoms with Gasteiger partial charge in [-0.15, -0.1) is 0 Å². The molecule has 0 unspecified atom stereocenters. The van der Waals surface area contributed by atoms with Crippen LogP contribution < -0.4 is 10.5 Å². The smallest absolute Gasteiger partial charge is 0.246 e. The number of nitrogens with zero attached hydrogens (tertiary/aromatic N) is 4. The fraction of sp³-hybridized carbons (Fsp3) is 0.556. The van der Waals surface area contributed by atoms with Crippen molar-refractivity contribution in [1.29, 1.82) is 0 Å². The van der Waals surface area contributed by atoms with E-state index in [1.54, 1.807) is 0 Å². The summed E-state index contributed by atoms with van der Waals surface area (Å²) < 4.78 is 6.10. The molecule has 0 bridgehead atoms. The number of fused-ring (bicyclic) bond motifs is 1. The van der Waals surface area contributed by atoms with Crippen LogP contribution in [-0.2, 0) is 4.79 Å². The summed E-state index contributed by atoms with van der Waals surface area (Å²) in [7, 11) is 0. The lowest BCUT2D eigenvalue weighted by Crippen LogP contribution is -2.41. The second-order valence-electron chi connectivity index (χ2n) is 10.6. The van der Waals surface area contributed by atoms with E-state index in [9.17, 15) is 9.90 Å². The molecule has 8 nitrogen and oxygen atoms in total. The van der Waals surface area contributed by atoms with Gasteiger partial charge in [0.15, 0.2) is 11.5 Å². The molecule has 1 aromatic heterocycles. The number of aliphatic hydroxyl groups excluding tert-OH is 1. The van der Waals surface area contributed by atoms with Crippen LogP contribution in [0.4, 0.5) is 11.5 Å². The molecule has 3 N–H and O–H groups in total. The highest BCUT2D eigenvalue weighted by Crippen LogP contribution is 2.40. The third-order valence-electron chi connectivity index (χ3n) is 7.75. The fourth-order valence-corrected chi connectivity index (χ4v) is 5.61. The average Bonchev–Trinajstić information content (AvgIpc) is 2.84. The van der Waals surface area contributed by atoms with E-state index in [0.717, 1.165) is 37.0 Å². The highest BCUT2D eigenvalue weighted by Gasteiger charge is 2.35. The molecule has 1 saturated carbocycles.